The van der Waals surface area contributed by atoms with Crippen LogP contribution in [0.4, 0.5) is 0 Å². The molecule has 1 aromatic carbocycles. The zero-order valence-corrected chi connectivity index (χ0v) is 11.3. The summed E-state index contributed by atoms with van der Waals surface area (Å²) in [7, 11) is 0. The van der Waals surface area contributed by atoms with Crippen molar-refractivity contribution in [3.8, 4) is 5.75 Å². The molecule has 0 heterocycles. The van der Waals surface area contributed by atoms with Gasteiger partial charge in [0, 0.05) is 11.6 Å². The van der Waals surface area contributed by atoms with E-state index in [0.29, 0.717) is 6.54 Å². The summed E-state index contributed by atoms with van der Waals surface area (Å²) < 4.78 is 5.53. The van der Waals surface area contributed by atoms with Crippen molar-refractivity contribution in [2.24, 2.45) is 0 Å². The van der Waals surface area contributed by atoms with Gasteiger partial charge in [-0.05, 0) is 43.7 Å². The van der Waals surface area contributed by atoms with Crippen LogP contribution in [0.3, 0.4) is 0 Å². The first-order valence-electron chi connectivity index (χ1n) is 5.83. The molecule has 17 heavy (non-hydrogen) atoms. The average Bonchev–Trinajstić information content (AvgIpc) is 2.30. The molecule has 0 aliphatic carbocycles. The SMILES string of the molecule is CCNCC(O)COc1cc(C)c(Cl)c(C)c1. The number of aryl methyl sites for hydroxylation is 2. The van der Waals surface area contributed by atoms with E-state index in [4.69, 9.17) is 16.3 Å². The van der Waals surface area contributed by atoms with Gasteiger partial charge in [0.25, 0.3) is 0 Å². The predicted octanol–water partition coefficient (Wildman–Crippen LogP) is 2.31. The predicted molar refractivity (Wildman–Crippen MR) is 71.0 cm³/mol. The zero-order valence-electron chi connectivity index (χ0n) is 10.6. The lowest BCUT2D eigenvalue weighted by molar-refractivity contribution is 0.107. The molecule has 0 spiro atoms. The van der Waals surface area contributed by atoms with Crippen molar-refractivity contribution in [3.05, 3.63) is 28.3 Å². The molecule has 0 aliphatic heterocycles. The van der Waals surface area contributed by atoms with E-state index in [-0.39, 0.29) is 6.61 Å². The summed E-state index contributed by atoms with van der Waals surface area (Å²) in [6.07, 6.45) is -0.494. The summed E-state index contributed by atoms with van der Waals surface area (Å²) in [5.74, 6) is 0.750. The average molecular weight is 258 g/mol. The van der Waals surface area contributed by atoms with E-state index in [1.807, 2.05) is 32.9 Å². The lowest BCUT2D eigenvalue weighted by Crippen LogP contribution is -2.31. The van der Waals surface area contributed by atoms with E-state index in [1.54, 1.807) is 0 Å². The molecule has 0 radical (unpaired) electrons. The summed E-state index contributed by atoms with van der Waals surface area (Å²) in [4.78, 5) is 0. The Labute approximate surface area is 108 Å². The van der Waals surface area contributed by atoms with E-state index in [2.05, 4.69) is 5.32 Å². The normalized spacial score (nSPS) is 12.5. The molecular weight excluding hydrogens is 238 g/mol. The Hall–Kier alpha value is -0.770. The lowest BCUT2D eigenvalue weighted by Gasteiger charge is -2.14. The van der Waals surface area contributed by atoms with E-state index in [9.17, 15) is 5.11 Å². The summed E-state index contributed by atoms with van der Waals surface area (Å²) in [6, 6.07) is 3.77. The summed E-state index contributed by atoms with van der Waals surface area (Å²) >= 11 is 6.07. The first kappa shape index (κ1) is 14.3. The second kappa shape index (κ2) is 6.84. The number of aliphatic hydroxyl groups is 1. The van der Waals surface area contributed by atoms with Crippen LogP contribution in [0.1, 0.15) is 18.1 Å². The highest BCUT2D eigenvalue weighted by molar-refractivity contribution is 6.32. The molecule has 4 heteroatoms. The van der Waals surface area contributed by atoms with Crippen molar-refractivity contribution in [2.75, 3.05) is 19.7 Å². The van der Waals surface area contributed by atoms with Crippen LogP contribution in [0.15, 0.2) is 12.1 Å². The Bertz CT molecular complexity index is 345. The zero-order chi connectivity index (χ0) is 12.8. The third-order valence-electron chi connectivity index (χ3n) is 2.48. The molecular formula is C13H20ClNO2. The minimum Gasteiger partial charge on any atom is -0.491 e. The van der Waals surface area contributed by atoms with Crippen molar-refractivity contribution in [1.29, 1.82) is 0 Å². The number of aliphatic hydroxyl groups excluding tert-OH is 1. The fraction of sp³-hybridized carbons (Fsp3) is 0.538. The summed E-state index contributed by atoms with van der Waals surface area (Å²) in [6.45, 7) is 7.56. The highest BCUT2D eigenvalue weighted by Crippen LogP contribution is 2.25. The third kappa shape index (κ3) is 4.54. The van der Waals surface area contributed by atoms with E-state index < -0.39 is 6.10 Å². The van der Waals surface area contributed by atoms with Crippen LogP contribution < -0.4 is 10.1 Å². The van der Waals surface area contributed by atoms with E-state index >= 15 is 0 Å². The second-order valence-electron chi connectivity index (χ2n) is 4.14. The van der Waals surface area contributed by atoms with E-state index in [1.165, 1.54) is 0 Å². The molecule has 0 saturated heterocycles. The molecule has 0 amide bonds. The Kier molecular flexibility index (Phi) is 5.75. The first-order chi connectivity index (χ1) is 8.04. The van der Waals surface area contributed by atoms with Crippen LogP contribution in [0.5, 0.6) is 5.75 Å². The molecule has 1 rings (SSSR count). The Morgan fingerprint density at radius 1 is 1.35 bits per heavy atom. The first-order valence-corrected chi connectivity index (χ1v) is 6.20. The van der Waals surface area contributed by atoms with Crippen LogP contribution >= 0.6 is 11.6 Å². The highest BCUT2D eigenvalue weighted by atomic mass is 35.5. The maximum absolute atomic E-state index is 9.62. The van der Waals surface area contributed by atoms with Crippen LogP contribution in [0.2, 0.25) is 5.02 Å². The van der Waals surface area contributed by atoms with Crippen molar-refractivity contribution in [3.63, 3.8) is 0 Å². The number of hydrogen-bond donors (Lipinski definition) is 2. The van der Waals surface area contributed by atoms with E-state index in [0.717, 1.165) is 28.4 Å². The van der Waals surface area contributed by atoms with Gasteiger partial charge in [0.1, 0.15) is 18.5 Å². The minimum atomic E-state index is -0.494. The molecule has 0 fully saturated rings. The Morgan fingerprint density at radius 2 is 1.94 bits per heavy atom. The summed E-state index contributed by atoms with van der Waals surface area (Å²) in [5, 5.41) is 13.5. The molecule has 0 aliphatic rings. The van der Waals surface area contributed by atoms with Crippen LogP contribution in [-0.2, 0) is 0 Å². The molecule has 0 aromatic heterocycles. The Balaban J connectivity index is 2.52. The number of likely N-dealkylation sites (N-methyl/N-ethyl adjacent to an activating group) is 1. The number of halogens is 1. The van der Waals surface area contributed by atoms with Crippen LogP contribution in [0.25, 0.3) is 0 Å². The number of hydrogen-bond acceptors (Lipinski definition) is 3. The van der Waals surface area contributed by atoms with Gasteiger partial charge in [-0.3, -0.25) is 0 Å². The maximum Gasteiger partial charge on any atom is 0.120 e. The van der Waals surface area contributed by atoms with Gasteiger partial charge >= 0.3 is 0 Å². The number of ether oxygens (including phenoxy) is 1. The number of benzene rings is 1. The van der Waals surface area contributed by atoms with Gasteiger partial charge in [0.2, 0.25) is 0 Å². The highest BCUT2D eigenvalue weighted by Gasteiger charge is 2.07. The molecule has 1 atom stereocenters. The molecule has 3 nitrogen and oxygen atoms in total. The monoisotopic (exact) mass is 257 g/mol. The van der Waals surface area contributed by atoms with Crippen LogP contribution in [0, 0.1) is 13.8 Å². The van der Waals surface area contributed by atoms with Gasteiger partial charge in [-0.15, -0.1) is 0 Å². The standard InChI is InChI=1S/C13H20ClNO2/c1-4-15-7-11(16)8-17-12-5-9(2)13(14)10(3)6-12/h5-6,11,15-16H,4,7-8H2,1-3H3. The van der Waals surface area contributed by atoms with Crippen molar-refractivity contribution in [2.45, 2.75) is 26.9 Å². The Morgan fingerprint density at radius 3 is 2.47 bits per heavy atom. The second-order valence-corrected chi connectivity index (χ2v) is 4.52. The van der Waals surface area contributed by atoms with Crippen LogP contribution in [-0.4, -0.2) is 30.9 Å². The van der Waals surface area contributed by atoms with Gasteiger partial charge in [-0.25, -0.2) is 0 Å². The lowest BCUT2D eigenvalue weighted by atomic mass is 10.1. The van der Waals surface area contributed by atoms with Crippen molar-refractivity contribution >= 4 is 11.6 Å². The van der Waals surface area contributed by atoms with Gasteiger partial charge in [-0.2, -0.15) is 0 Å². The molecule has 1 aromatic rings. The molecule has 1 unspecified atom stereocenters. The van der Waals surface area contributed by atoms with Gasteiger partial charge in [-0.1, -0.05) is 18.5 Å². The van der Waals surface area contributed by atoms with Gasteiger partial charge in [0.05, 0.1) is 0 Å². The van der Waals surface area contributed by atoms with Gasteiger partial charge in [0.15, 0.2) is 0 Å². The topological polar surface area (TPSA) is 41.5 Å². The van der Waals surface area contributed by atoms with Crippen molar-refractivity contribution < 1.29 is 9.84 Å². The fourth-order valence-corrected chi connectivity index (χ4v) is 1.66. The number of rotatable bonds is 6. The number of nitrogens with one attached hydrogen (secondary N) is 1. The minimum absolute atomic E-state index is 0.285. The molecule has 0 bridgehead atoms. The smallest absolute Gasteiger partial charge is 0.120 e. The fourth-order valence-electron chi connectivity index (χ4n) is 1.55. The van der Waals surface area contributed by atoms with Crippen molar-refractivity contribution in [1.82, 2.24) is 5.32 Å². The maximum atomic E-state index is 9.62. The molecule has 2 N–H and O–H groups in total. The molecule has 96 valence electrons. The third-order valence-corrected chi connectivity index (χ3v) is 3.08. The van der Waals surface area contributed by atoms with Gasteiger partial charge < -0.3 is 15.2 Å². The molecule has 0 saturated carbocycles. The quantitative estimate of drug-likeness (QED) is 0.822. The largest absolute Gasteiger partial charge is 0.491 e. The summed E-state index contributed by atoms with van der Waals surface area (Å²) in [5.41, 5.74) is 1.98.